The molecule has 170 valence electrons. The number of sulfonamides is 1. The van der Waals surface area contributed by atoms with Gasteiger partial charge in [0.25, 0.3) is 0 Å². The molecule has 0 spiro atoms. The van der Waals surface area contributed by atoms with Gasteiger partial charge in [-0.05, 0) is 69.4 Å². The van der Waals surface area contributed by atoms with Crippen LogP contribution in [0.2, 0.25) is 0 Å². The summed E-state index contributed by atoms with van der Waals surface area (Å²) in [6.07, 6.45) is 1.56. The van der Waals surface area contributed by atoms with Gasteiger partial charge in [0.05, 0.1) is 4.90 Å². The van der Waals surface area contributed by atoms with E-state index in [2.05, 4.69) is 43.1 Å². The van der Waals surface area contributed by atoms with Crippen molar-refractivity contribution in [3.63, 3.8) is 0 Å². The molecule has 0 saturated carbocycles. The van der Waals surface area contributed by atoms with Crippen molar-refractivity contribution in [2.75, 3.05) is 0 Å². The van der Waals surface area contributed by atoms with Crippen molar-refractivity contribution in [1.82, 2.24) is 15.4 Å². The first kappa shape index (κ1) is 23.7. The van der Waals surface area contributed by atoms with Gasteiger partial charge in [0.1, 0.15) is 6.04 Å². The fourth-order valence-electron chi connectivity index (χ4n) is 4.78. The Kier molecular flexibility index (Phi) is 6.52. The van der Waals surface area contributed by atoms with Gasteiger partial charge in [0.2, 0.25) is 15.9 Å². The molecule has 7 heteroatoms. The average molecular weight is 446 g/mol. The second-order valence-corrected chi connectivity index (χ2v) is 12.1. The molecule has 3 rings (SSSR count). The van der Waals surface area contributed by atoms with Gasteiger partial charge in [0.15, 0.2) is 0 Å². The van der Waals surface area contributed by atoms with Crippen molar-refractivity contribution in [3.8, 4) is 0 Å². The first-order valence-electron chi connectivity index (χ1n) is 10.9. The highest BCUT2D eigenvalue weighted by atomic mass is 32.2. The van der Waals surface area contributed by atoms with E-state index in [9.17, 15) is 13.2 Å². The predicted octanol–water partition coefficient (Wildman–Crippen LogP) is 3.57. The Morgan fingerprint density at radius 3 is 2.16 bits per heavy atom. The van der Waals surface area contributed by atoms with Crippen molar-refractivity contribution in [3.05, 3.63) is 42.5 Å². The molecule has 2 aromatic carbocycles. The number of nitrogens with one attached hydrogen (secondary N) is 3. The van der Waals surface area contributed by atoms with E-state index in [1.807, 2.05) is 38.1 Å². The summed E-state index contributed by atoms with van der Waals surface area (Å²) in [6, 6.07) is 11.7. The summed E-state index contributed by atoms with van der Waals surface area (Å²) in [5.41, 5.74) is -0.227. The number of piperidine rings is 1. The molecule has 0 radical (unpaired) electrons. The molecule has 0 unspecified atom stereocenters. The maximum atomic E-state index is 13.1. The Bertz CT molecular complexity index is 1040. The number of hydrogen-bond donors (Lipinski definition) is 3. The standard InChI is InChI=1S/C24H35N3O3S/c1-16(2)21(22(28)25-19-14-23(3,4)27-24(5,6)15-19)26-31(29,30)20-12-11-17-9-7-8-10-18(17)13-20/h7-13,16,19,21,26-27H,14-15H2,1-6H3,(H,25,28)/t21-/m0/s1. The number of benzene rings is 2. The summed E-state index contributed by atoms with van der Waals surface area (Å²) in [5, 5.41) is 8.52. The summed E-state index contributed by atoms with van der Waals surface area (Å²) in [4.78, 5) is 13.3. The van der Waals surface area contributed by atoms with Gasteiger partial charge in [0, 0.05) is 17.1 Å². The number of amides is 1. The van der Waals surface area contributed by atoms with E-state index in [0.717, 1.165) is 23.6 Å². The van der Waals surface area contributed by atoms with Crippen LogP contribution in [0.15, 0.2) is 47.4 Å². The highest BCUT2D eigenvalue weighted by Crippen LogP contribution is 2.28. The maximum Gasteiger partial charge on any atom is 0.241 e. The highest BCUT2D eigenvalue weighted by molar-refractivity contribution is 7.89. The molecule has 1 atom stereocenters. The molecule has 2 aromatic rings. The minimum Gasteiger partial charge on any atom is -0.352 e. The third-order valence-corrected chi connectivity index (χ3v) is 7.24. The first-order valence-corrected chi connectivity index (χ1v) is 12.4. The Hall–Kier alpha value is -1.96. The van der Waals surface area contributed by atoms with Gasteiger partial charge < -0.3 is 10.6 Å². The molecule has 3 N–H and O–H groups in total. The average Bonchev–Trinajstić information content (AvgIpc) is 2.62. The second-order valence-electron chi connectivity index (χ2n) is 10.4. The van der Waals surface area contributed by atoms with Crippen molar-refractivity contribution < 1.29 is 13.2 Å². The lowest BCUT2D eigenvalue weighted by atomic mass is 9.79. The smallest absolute Gasteiger partial charge is 0.241 e. The van der Waals surface area contributed by atoms with Crippen LogP contribution in [0.25, 0.3) is 10.8 Å². The van der Waals surface area contributed by atoms with E-state index >= 15 is 0 Å². The number of rotatable bonds is 6. The first-order chi connectivity index (χ1) is 14.3. The fourth-order valence-corrected chi connectivity index (χ4v) is 6.16. The van der Waals surface area contributed by atoms with Gasteiger partial charge in [-0.3, -0.25) is 4.79 Å². The lowest BCUT2D eigenvalue weighted by molar-refractivity contribution is -0.124. The van der Waals surface area contributed by atoms with Crippen LogP contribution in [0.4, 0.5) is 0 Å². The second kappa shape index (κ2) is 8.52. The van der Waals surface area contributed by atoms with Crippen LogP contribution in [0.1, 0.15) is 54.4 Å². The van der Waals surface area contributed by atoms with Crippen LogP contribution >= 0.6 is 0 Å². The number of carbonyl (C=O) groups excluding carboxylic acids is 1. The van der Waals surface area contributed by atoms with E-state index in [1.54, 1.807) is 18.2 Å². The third kappa shape index (κ3) is 5.84. The van der Waals surface area contributed by atoms with Crippen molar-refractivity contribution in [2.24, 2.45) is 5.92 Å². The van der Waals surface area contributed by atoms with Gasteiger partial charge in [-0.2, -0.15) is 4.72 Å². The molecule has 1 heterocycles. The SMILES string of the molecule is CC(C)[C@H](NS(=O)(=O)c1ccc2ccccc2c1)C(=O)NC1CC(C)(C)NC(C)(C)C1. The summed E-state index contributed by atoms with van der Waals surface area (Å²) in [6.45, 7) is 12.2. The minimum atomic E-state index is -3.85. The van der Waals surface area contributed by atoms with Crippen molar-refractivity contribution in [1.29, 1.82) is 0 Å². The van der Waals surface area contributed by atoms with E-state index in [4.69, 9.17) is 0 Å². The molecule has 6 nitrogen and oxygen atoms in total. The van der Waals surface area contributed by atoms with E-state index in [1.165, 1.54) is 0 Å². The predicted molar refractivity (Wildman–Crippen MR) is 125 cm³/mol. The van der Waals surface area contributed by atoms with Crippen LogP contribution < -0.4 is 15.4 Å². The molecule has 1 aliphatic heterocycles. The van der Waals surface area contributed by atoms with Crippen molar-refractivity contribution in [2.45, 2.75) is 82.4 Å². The van der Waals surface area contributed by atoms with Gasteiger partial charge in [-0.25, -0.2) is 8.42 Å². The Morgan fingerprint density at radius 1 is 1.00 bits per heavy atom. The molecular weight excluding hydrogens is 410 g/mol. The zero-order chi connectivity index (χ0) is 23.0. The van der Waals surface area contributed by atoms with E-state index in [0.29, 0.717) is 0 Å². The highest BCUT2D eigenvalue weighted by Gasteiger charge is 2.39. The van der Waals surface area contributed by atoms with Gasteiger partial charge in [-0.1, -0.05) is 44.2 Å². The minimum absolute atomic E-state index is 0.0230. The Labute approximate surface area is 186 Å². The Morgan fingerprint density at radius 2 is 1.58 bits per heavy atom. The van der Waals surface area contributed by atoms with Crippen LogP contribution in [0.3, 0.4) is 0 Å². The zero-order valence-corrected chi connectivity index (χ0v) is 20.1. The van der Waals surface area contributed by atoms with Crippen LogP contribution in [-0.4, -0.2) is 37.5 Å². The molecule has 1 amide bonds. The number of fused-ring (bicyclic) bond motifs is 1. The molecule has 31 heavy (non-hydrogen) atoms. The summed E-state index contributed by atoms with van der Waals surface area (Å²) in [5.74, 6) is -0.476. The fraction of sp³-hybridized carbons (Fsp3) is 0.542. The third-order valence-electron chi connectivity index (χ3n) is 5.80. The topological polar surface area (TPSA) is 87.3 Å². The molecule has 0 bridgehead atoms. The van der Waals surface area contributed by atoms with Gasteiger partial charge in [-0.15, -0.1) is 0 Å². The largest absolute Gasteiger partial charge is 0.352 e. The van der Waals surface area contributed by atoms with Crippen LogP contribution in [-0.2, 0) is 14.8 Å². The summed E-state index contributed by atoms with van der Waals surface area (Å²) >= 11 is 0. The number of hydrogen-bond acceptors (Lipinski definition) is 4. The lowest BCUT2D eigenvalue weighted by Crippen LogP contribution is -2.63. The normalized spacial score (nSPS) is 20.0. The van der Waals surface area contributed by atoms with E-state index in [-0.39, 0.29) is 33.8 Å². The van der Waals surface area contributed by atoms with Gasteiger partial charge >= 0.3 is 0 Å². The molecule has 1 aliphatic rings. The van der Waals surface area contributed by atoms with E-state index < -0.39 is 16.1 Å². The molecule has 0 aliphatic carbocycles. The summed E-state index contributed by atoms with van der Waals surface area (Å²) < 4.78 is 28.8. The monoisotopic (exact) mass is 445 g/mol. The van der Waals surface area contributed by atoms with Crippen molar-refractivity contribution >= 4 is 26.7 Å². The number of carbonyl (C=O) groups is 1. The molecule has 1 saturated heterocycles. The molecule has 1 fully saturated rings. The Balaban J connectivity index is 1.78. The zero-order valence-electron chi connectivity index (χ0n) is 19.3. The maximum absolute atomic E-state index is 13.1. The lowest BCUT2D eigenvalue weighted by Gasteiger charge is -2.46. The summed E-state index contributed by atoms with van der Waals surface area (Å²) in [7, 11) is -3.85. The quantitative estimate of drug-likeness (QED) is 0.634. The molecular formula is C24H35N3O3S. The van der Waals surface area contributed by atoms with Crippen LogP contribution in [0.5, 0.6) is 0 Å². The molecule has 0 aromatic heterocycles. The van der Waals surface area contributed by atoms with Crippen LogP contribution in [0, 0.1) is 5.92 Å².